The number of aliphatic hydroxyl groups excluding tert-OH is 1. The van der Waals surface area contributed by atoms with Crippen molar-refractivity contribution in [2.45, 2.75) is 40.3 Å². The zero-order chi connectivity index (χ0) is 9.90. The number of aryl methyl sites for hydroxylation is 1. The van der Waals surface area contributed by atoms with Crippen molar-refractivity contribution in [3.63, 3.8) is 0 Å². The van der Waals surface area contributed by atoms with Crippen LogP contribution in [0, 0.1) is 5.41 Å². The zero-order valence-corrected chi connectivity index (χ0v) is 8.75. The Morgan fingerprint density at radius 3 is 2.62 bits per heavy atom. The summed E-state index contributed by atoms with van der Waals surface area (Å²) >= 11 is 0. The zero-order valence-electron chi connectivity index (χ0n) is 8.75. The van der Waals surface area contributed by atoms with Crippen LogP contribution in [0.5, 0.6) is 0 Å². The highest BCUT2D eigenvalue weighted by atomic mass is 16.3. The van der Waals surface area contributed by atoms with Crippen molar-refractivity contribution in [1.29, 1.82) is 0 Å². The number of aromatic nitrogens is 1. The molecular weight excluding hydrogens is 162 g/mol. The summed E-state index contributed by atoms with van der Waals surface area (Å²) in [6.45, 7) is 7.82. The molecule has 0 saturated heterocycles. The van der Waals surface area contributed by atoms with Crippen molar-refractivity contribution in [2.24, 2.45) is 5.41 Å². The molecule has 0 aliphatic heterocycles. The predicted molar refractivity (Wildman–Crippen MR) is 54.4 cm³/mol. The molecule has 74 valence electrons. The van der Waals surface area contributed by atoms with Crippen LogP contribution >= 0.6 is 0 Å². The van der Waals surface area contributed by atoms with Gasteiger partial charge in [-0.15, -0.1) is 0 Å². The Morgan fingerprint density at radius 2 is 2.08 bits per heavy atom. The van der Waals surface area contributed by atoms with Crippen LogP contribution < -0.4 is 0 Å². The summed E-state index contributed by atoms with van der Waals surface area (Å²) in [6, 6.07) is 3.94. The van der Waals surface area contributed by atoms with Crippen LogP contribution in [-0.4, -0.2) is 9.67 Å². The lowest BCUT2D eigenvalue weighted by molar-refractivity contribution is 0.265. The van der Waals surface area contributed by atoms with Gasteiger partial charge in [0.1, 0.15) is 0 Å². The van der Waals surface area contributed by atoms with Crippen LogP contribution in [-0.2, 0) is 13.2 Å². The molecule has 1 rings (SSSR count). The number of hydrogen-bond donors (Lipinski definition) is 1. The quantitative estimate of drug-likeness (QED) is 0.761. The number of nitrogens with zero attached hydrogens (tertiary/aromatic N) is 1. The van der Waals surface area contributed by atoms with Gasteiger partial charge in [0.05, 0.1) is 6.61 Å². The number of rotatable bonds is 3. The third kappa shape index (κ3) is 3.23. The fraction of sp³-hybridized carbons (Fsp3) is 0.636. The minimum atomic E-state index is 0.136. The van der Waals surface area contributed by atoms with Crippen LogP contribution in [0.2, 0.25) is 0 Å². The van der Waals surface area contributed by atoms with E-state index in [1.54, 1.807) is 0 Å². The summed E-state index contributed by atoms with van der Waals surface area (Å²) in [4.78, 5) is 0. The summed E-state index contributed by atoms with van der Waals surface area (Å²) in [5.74, 6) is 0. The first-order chi connectivity index (χ1) is 6.03. The highest BCUT2D eigenvalue weighted by molar-refractivity contribution is 5.05. The van der Waals surface area contributed by atoms with Crippen LogP contribution in [0.1, 0.15) is 32.9 Å². The van der Waals surface area contributed by atoms with E-state index in [1.807, 2.05) is 18.3 Å². The first-order valence-electron chi connectivity index (χ1n) is 4.78. The maximum atomic E-state index is 9.02. The molecule has 1 aromatic rings. The maximum absolute atomic E-state index is 9.02. The molecule has 0 radical (unpaired) electrons. The first-order valence-corrected chi connectivity index (χ1v) is 4.78. The second-order valence-corrected chi connectivity index (χ2v) is 4.66. The Balaban J connectivity index is 2.54. The van der Waals surface area contributed by atoms with E-state index in [0.717, 1.165) is 18.7 Å². The SMILES string of the molecule is CC(C)(C)CCn1cccc1CO. The van der Waals surface area contributed by atoms with Gasteiger partial charge >= 0.3 is 0 Å². The number of aliphatic hydroxyl groups is 1. The summed E-state index contributed by atoms with van der Waals surface area (Å²) in [5, 5.41) is 9.02. The maximum Gasteiger partial charge on any atom is 0.0832 e. The summed E-state index contributed by atoms with van der Waals surface area (Å²) in [6.07, 6.45) is 3.16. The molecule has 0 saturated carbocycles. The van der Waals surface area contributed by atoms with Gasteiger partial charge in [-0.25, -0.2) is 0 Å². The highest BCUT2D eigenvalue weighted by Gasteiger charge is 2.10. The first kappa shape index (κ1) is 10.3. The molecule has 0 atom stereocenters. The van der Waals surface area contributed by atoms with Gasteiger partial charge in [-0.05, 0) is 24.0 Å². The second kappa shape index (κ2) is 3.97. The van der Waals surface area contributed by atoms with Crippen molar-refractivity contribution >= 4 is 0 Å². The van der Waals surface area contributed by atoms with Crippen molar-refractivity contribution in [2.75, 3.05) is 0 Å². The van der Waals surface area contributed by atoms with Gasteiger partial charge in [0.25, 0.3) is 0 Å². The Kier molecular flexibility index (Phi) is 3.15. The van der Waals surface area contributed by atoms with E-state index in [-0.39, 0.29) is 6.61 Å². The standard InChI is InChI=1S/C11H19NO/c1-11(2,3)6-8-12-7-4-5-10(12)9-13/h4-5,7,13H,6,8-9H2,1-3H3. The van der Waals surface area contributed by atoms with Crippen LogP contribution in [0.15, 0.2) is 18.3 Å². The summed E-state index contributed by atoms with van der Waals surface area (Å²) in [5.41, 5.74) is 1.36. The fourth-order valence-corrected chi connectivity index (χ4v) is 1.27. The van der Waals surface area contributed by atoms with Crippen LogP contribution in [0.25, 0.3) is 0 Å². The third-order valence-corrected chi connectivity index (χ3v) is 2.19. The Labute approximate surface area is 80.2 Å². The van der Waals surface area contributed by atoms with Gasteiger partial charge in [0.2, 0.25) is 0 Å². The molecular formula is C11H19NO. The largest absolute Gasteiger partial charge is 0.390 e. The minimum Gasteiger partial charge on any atom is -0.390 e. The average Bonchev–Trinajstić information content (AvgIpc) is 2.46. The molecule has 13 heavy (non-hydrogen) atoms. The van der Waals surface area contributed by atoms with E-state index in [2.05, 4.69) is 25.3 Å². The molecule has 0 fully saturated rings. The van der Waals surface area contributed by atoms with E-state index >= 15 is 0 Å². The van der Waals surface area contributed by atoms with Crippen LogP contribution in [0.4, 0.5) is 0 Å². The molecule has 0 aliphatic carbocycles. The monoisotopic (exact) mass is 181 g/mol. The van der Waals surface area contributed by atoms with Crippen LogP contribution in [0.3, 0.4) is 0 Å². The molecule has 0 bridgehead atoms. The van der Waals surface area contributed by atoms with Gasteiger partial charge in [-0.1, -0.05) is 20.8 Å². The topological polar surface area (TPSA) is 25.2 Å². The van der Waals surface area contributed by atoms with Gasteiger partial charge in [-0.2, -0.15) is 0 Å². The third-order valence-electron chi connectivity index (χ3n) is 2.19. The highest BCUT2D eigenvalue weighted by Crippen LogP contribution is 2.20. The lowest BCUT2D eigenvalue weighted by Crippen LogP contribution is -2.11. The Hall–Kier alpha value is -0.760. The molecule has 2 nitrogen and oxygen atoms in total. The Bertz CT molecular complexity index is 257. The lowest BCUT2D eigenvalue weighted by atomic mass is 9.92. The fourth-order valence-electron chi connectivity index (χ4n) is 1.27. The molecule has 1 N–H and O–H groups in total. The summed E-state index contributed by atoms with van der Waals surface area (Å²) in [7, 11) is 0. The van der Waals surface area contributed by atoms with Gasteiger partial charge in [0, 0.05) is 18.4 Å². The molecule has 0 aliphatic rings. The van der Waals surface area contributed by atoms with E-state index in [4.69, 9.17) is 5.11 Å². The molecule has 2 heteroatoms. The normalized spacial score (nSPS) is 12.0. The van der Waals surface area contributed by atoms with Gasteiger partial charge in [-0.3, -0.25) is 0 Å². The average molecular weight is 181 g/mol. The number of hydrogen-bond acceptors (Lipinski definition) is 1. The molecule has 0 unspecified atom stereocenters. The van der Waals surface area contributed by atoms with Crippen molar-refractivity contribution < 1.29 is 5.11 Å². The van der Waals surface area contributed by atoms with Crippen molar-refractivity contribution in [1.82, 2.24) is 4.57 Å². The molecule has 1 heterocycles. The lowest BCUT2D eigenvalue weighted by Gasteiger charge is -2.19. The smallest absolute Gasteiger partial charge is 0.0832 e. The molecule has 0 aromatic carbocycles. The van der Waals surface area contributed by atoms with Crippen molar-refractivity contribution in [3.05, 3.63) is 24.0 Å². The Morgan fingerprint density at radius 1 is 1.38 bits per heavy atom. The minimum absolute atomic E-state index is 0.136. The molecule has 0 amide bonds. The van der Waals surface area contributed by atoms with E-state index in [1.165, 1.54) is 0 Å². The van der Waals surface area contributed by atoms with E-state index in [9.17, 15) is 0 Å². The molecule has 1 aromatic heterocycles. The predicted octanol–water partition coefficient (Wildman–Crippen LogP) is 2.42. The van der Waals surface area contributed by atoms with E-state index in [0.29, 0.717) is 5.41 Å². The second-order valence-electron chi connectivity index (χ2n) is 4.66. The van der Waals surface area contributed by atoms with Gasteiger partial charge < -0.3 is 9.67 Å². The van der Waals surface area contributed by atoms with E-state index < -0.39 is 0 Å². The van der Waals surface area contributed by atoms with Crippen molar-refractivity contribution in [3.8, 4) is 0 Å². The van der Waals surface area contributed by atoms with Gasteiger partial charge in [0.15, 0.2) is 0 Å². The summed E-state index contributed by atoms with van der Waals surface area (Å²) < 4.78 is 2.12. The molecule has 0 spiro atoms.